The average molecular weight is 1100 g/mol. The Balaban J connectivity index is 0.00000406. The molecule has 2 fully saturated rings. The van der Waals surface area contributed by atoms with Gasteiger partial charge in [-0.2, -0.15) is 0 Å². The van der Waals surface area contributed by atoms with Crippen LogP contribution in [0.3, 0.4) is 0 Å². The van der Waals surface area contributed by atoms with Crippen LogP contribution in [0.15, 0.2) is 72.8 Å². The van der Waals surface area contributed by atoms with Gasteiger partial charge in [0.05, 0.1) is 37.0 Å². The smallest absolute Gasteiger partial charge is 0.246 e. The van der Waals surface area contributed by atoms with Crippen LogP contribution in [0.5, 0.6) is 0 Å². The first-order valence-corrected chi connectivity index (χ1v) is 25.7. The molecule has 0 bridgehead atoms. The molecule has 0 aromatic heterocycles. The van der Waals surface area contributed by atoms with Gasteiger partial charge in [0.15, 0.2) is 0 Å². The largest absolute Gasteiger partial charge is 0.352 e. The van der Waals surface area contributed by atoms with Crippen molar-refractivity contribution in [1.82, 2.24) is 52.3 Å². The molecular weight excluding hydrogens is 1020 g/mol. The number of hydrogen-bond donors (Lipinski definition) is 8. The Morgan fingerprint density at radius 1 is 0.520 bits per heavy atom. The van der Waals surface area contributed by atoms with Crippen LogP contribution in [-0.2, 0) is 64.3 Å². The van der Waals surface area contributed by atoms with Crippen LogP contribution in [0.4, 0.5) is 0 Å². The monoisotopic (exact) mass is 1100 g/mol. The Morgan fingerprint density at radius 3 is 1.27 bits per heavy atom. The summed E-state index contributed by atoms with van der Waals surface area (Å²) in [6, 6.07) is 17.8. The number of nitrogens with one attached hydrogen (secondary N) is 8. The van der Waals surface area contributed by atoms with Gasteiger partial charge in [-0.15, -0.1) is 37.2 Å². The molecule has 8 amide bonds. The number of likely N-dealkylation sites (N-methyl/N-ethyl adjacent to an activating group) is 2. The molecule has 0 radical (unpaired) electrons. The van der Waals surface area contributed by atoms with E-state index in [1.807, 2.05) is 36.4 Å². The van der Waals surface area contributed by atoms with E-state index >= 15 is 0 Å². The molecule has 0 saturated carbocycles. The molecule has 3 aromatic rings. The molecule has 2 aliphatic carbocycles. The van der Waals surface area contributed by atoms with E-state index < -0.39 is 71.7 Å². The highest BCUT2D eigenvalue weighted by Crippen LogP contribution is 2.32. The van der Waals surface area contributed by atoms with Crippen molar-refractivity contribution >= 4 is 84.5 Å². The van der Waals surface area contributed by atoms with E-state index in [9.17, 15) is 38.4 Å². The summed E-state index contributed by atoms with van der Waals surface area (Å²) in [4.78, 5) is 112. The van der Waals surface area contributed by atoms with E-state index in [4.69, 9.17) is 0 Å². The van der Waals surface area contributed by atoms with Crippen molar-refractivity contribution in [3.8, 4) is 0 Å². The van der Waals surface area contributed by atoms with Crippen molar-refractivity contribution in [3.63, 3.8) is 0 Å². The first-order valence-electron chi connectivity index (χ1n) is 25.7. The molecule has 8 N–H and O–H groups in total. The number of carbonyl (C=O) groups is 8. The summed E-state index contributed by atoms with van der Waals surface area (Å²) in [5, 5.41) is 23.3. The van der Waals surface area contributed by atoms with Crippen molar-refractivity contribution in [3.05, 3.63) is 106 Å². The second kappa shape index (κ2) is 29.5. The van der Waals surface area contributed by atoms with Gasteiger partial charge in [-0.1, -0.05) is 72.8 Å². The lowest BCUT2D eigenvalue weighted by atomic mass is 9.87. The van der Waals surface area contributed by atoms with Gasteiger partial charge in [0, 0.05) is 26.2 Å². The van der Waals surface area contributed by atoms with E-state index in [0.29, 0.717) is 38.8 Å². The molecule has 75 heavy (non-hydrogen) atoms. The van der Waals surface area contributed by atoms with Gasteiger partial charge in [0.1, 0.15) is 24.2 Å². The molecule has 2 heterocycles. The summed E-state index contributed by atoms with van der Waals surface area (Å²) in [5.74, 6) is -3.35. The van der Waals surface area contributed by atoms with Crippen LogP contribution in [-0.4, -0.2) is 120 Å². The Bertz CT molecular complexity index is 2300. The molecule has 0 unspecified atom stereocenters. The van der Waals surface area contributed by atoms with Crippen LogP contribution in [0.2, 0.25) is 0 Å². The number of rotatable bonds is 20. The zero-order valence-electron chi connectivity index (χ0n) is 43.2. The summed E-state index contributed by atoms with van der Waals surface area (Å²) >= 11 is 0. The second-order valence-corrected chi connectivity index (χ2v) is 19.6. The second-order valence-electron chi connectivity index (χ2n) is 19.6. The predicted octanol–water partition coefficient (Wildman–Crippen LogP) is 3.52. The summed E-state index contributed by atoms with van der Waals surface area (Å²) in [6.45, 7) is 4.17. The van der Waals surface area contributed by atoms with Gasteiger partial charge in [0.2, 0.25) is 47.3 Å². The Kier molecular flexibility index (Phi) is 24.3. The SMILES string of the molecule is CN[C@@H](C)C(=O)N[C@@H](CC(=O)NCc1ccc(CNC(=O)C[C@H](NC(=O)[C@H](C)NC)C(=O)N2CCC[C@H]2C(=O)N[C@@H]2CCCc3ccccc32)cc1)C(=O)N1CCC[C@H]1C(=O)N[C@@H]1CCCc2ccccc21.Cl.Cl.Cl. The number of hydrogen-bond acceptors (Lipinski definition) is 10. The highest BCUT2D eigenvalue weighted by Gasteiger charge is 2.41. The summed E-state index contributed by atoms with van der Waals surface area (Å²) in [7, 11) is 3.24. The van der Waals surface area contributed by atoms with Crippen LogP contribution in [0, 0.1) is 0 Å². The minimum atomic E-state index is -1.21. The third-order valence-corrected chi connectivity index (χ3v) is 14.7. The summed E-state index contributed by atoms with van der Waals surface area (Å²) in [6.07, 6.45) is 6.85. The topological polar surface area (TPSA) is 239 Å². The maximum atomic E-state index is 14.2. The van der Waals surface area contributed by atoms with Gasteiger partial charge >= 0.3 is 0 Å². The first kappa shape index (κ1) is 61.8. The van der Waals surface area contributed by atoms with Gasteiger partial charge in [-0.05, 0) is 126 Å². The summed E-state index contributed by atoms with van der Waals surface area (Å²) in [5.41, 5.74) is 6.06. The lowest BCUT2D eigenvalue weighted by Gasteiger charge is -2.32. The van der Waals surface area contributed by atoms with E-state index in [-0.39, 0.29) is 87.1 Å². The molecule has 0 spiro atoms. The number of carbonyl (C=O) groups excluding carboxylic acids is 8. The molecule has 2 aliphatic heterocycles. The minimum absolute atomic E-state index is 0. The van der Waals surface area contributed by atoms with Crippen LogP contribution in [0.1, 0.15) is 124 Å². The highest BCUT2D eigenvalue weighted by atomic mass is 35.5. The fraction of sp³-hybridized carbons (Fsp3) is 0.519. The summed E-state index contributed by atoms with van der Waals surface area (Å²) < 4.78 is 0. The zero-order chi connectivity index (χ0) is 51.3. The Labute approximate surface area is 458 Å². The average Bonchev–Trinajstić information content (AvgIpc) is 4.11. The third-order valence-electron chi connectivity index (χ3n) is 14.7. The number of fused-ring (bicyclic) bond motifs is 2. The fourth-order valence-electron chi connectivity index (χ4n) is 10.3. The van der Waals surface area contributed by atoms with Crippen molar-refractivity contribution < 1.29 is 38.4 Å². The standard InChI is InChI=1S/C54H72N10O8.3ClH/c1-33(55-3)49(67)61-43(53(71)63-27-11-21-45(63)51(69)59-41-19-9-15-37-13-5-7-17-39(37)41)29-47(65)57-31-35-23-25-36(26-24-35)32-58-48(66)30-44(62-50(68)34(2)56-4)54(72)64-28-12-22-46(64)52(70)60-42-20-10-16-38-14-6-8-18-40(38)42;;;/h5-8,13-14,17-18,23-26,33-34,41-46,55-56H,9-12,15-16,19-22,27-32H2,1-4H3,(H,57,65)(H,58,66)(H,59,69)(H,60,70)(H,61,67)(H,62,68);3*1H/t33-,34-,41+,42+,43-,44-,45-,46-;;;/m0.../s1. The van der Waals surface area contributed by atoms with Crippen molar-refractivity contribution in [2.75, 3.05) is 27.2 Å². The van der Waals surface area contributed by atoms with Gasteiger partial charge in [-0.3, -0.25) is 38.4 Å². The molecule has 7 rings (SSSR count). The van der Waals surface area contributed by atoms with Crippen molar-refractivity contribution in [1.29, 1.82) is 0 Å². The Morgan fingerprint density at radius 2 is 0.893 bits per heavy atom. The zero-order valence-corrected chi connectivity index (χ0v) is 45.7. The maximum absolute atomic E-state index is 14.2. The van der Waals surface area contributed by atoms with Gasteiger partial charge in [0.25, 0.3) is 0 Å². The van der Waals surface area contributed by atoms with E-state index in [2.05, 4.69) is 54.7 Å². The lowest BCUT2D eigenvalue weighted by Crippen LogP contribution is -2.56. The molecule has 410 valence electrons. The van der Waals surface area contributed by atoms with Crippen LogP contribution in [0.25, 0.3) is 0 Å². The fourth-order valence-corrected chi connectivity index (χ4v) is 10.3. The molecule has 21 heteroatoms. The van der Waals surface area contributed by atoms with Crippen molar-refractivity contribution in [2.45, 2.75) is 152 Å². The van der Waals surface area contributed by atoms with Gasteiger partial charge in [-0.25, -0.2) is 0 Å². The van der Waals surface area contributed by atoms with E-state index in [0.717, 1.165) is 60.8 Å². The number of amides is 8. The van der Waals surface area contributed by atoms with Crippen LogP contribution >= 0.6 is 37.2 Å². The maximum Gasteiger partial charge on any atom is 0.246 e. The third kappa shape index (κ3) is 16.1. The molecule has 2 saturated heterocycles. The number of nitrogens with zero attached hydrogens (tertiary/aromatic N) is 2. The lowest BCUT2D eigenvalue weighted by molar-refractivity contribution is -0.143. The van der Waals surface area contributed by atoms with Crippen LogP contribution < -0.4 is 42.5 Å². The molecule has 18 nitrogen and oxygen atoms in total. The number of benzene rings is 3. The molecule has 8 atom stereocenters. The number of halogens is 3. The predicted molar refractivity (Wildman–Crippen MR) is 292 cm³/mol. The molecular formula is C54H75Cl3N10O8. The molecule has 3 aromatic carbocycles. The van der Waals surface area contributed by atoms with E-state index in [1.54, 1.807) is 52.2 Å². The highest BCUT2D eigenvalue weighted by molar-refractivity contribution is 5.97. The quantitative estimate of drug-likeness (QED) is 0.0820. The minimum Gasteiger partial charge on any atom is -0.352 e. The van der Waals surface area contributed by atoms with Gasteiger partial charge < -0.3 is 52.3 Å². The van der Waals surface area contributed by atoms with Crippen molar-refractivity contribution in [2.24, 2.45) is 0 Å². The normalized spacial score (nSPS) is 20.1. The number of aryl methyl sites for hydroxylation is 2. The van der Waals surface area contributed by atoms with E-state index in [1.165, 1.54) is 20.9 Å². The molecule has 4 aliphatic rings. The first-order chi connectivity index (χ1) is 34.7. The Hall–Kier alpha value is -5.79. The number of likely N-dealkylation sites (tertiary alicyclic amines) is 2.